The zero-order valence-corrected chi connectivity index (χ0v) is 11.5. The summed E-state index contributed by atoms with van der Waals surface area (Å²) in [5.74, 6) is 0. The van der Waals surface area contributed by atoms with Gasteiger partial charge in [-0.05, 0) is 44.9 Å². The van der Waals surface area contributed by atoms with Crippen molar-refractivity contribution < 1.29 is 4.74 Å². The van der Waals surface area contributed by atoms with Gasteiger partial charge in [0.15, 0.2) is 0 Å². The fraction of sp³-hybridized carbons (Fsp3) is 1.00. The molecule has 2 aliphatic carbocycles. The molecule has 2 nitrogen and oxygen atoms in total. The third kappa shape index (κ3) is 3.96. The van der Waals surface area contributed by atoms with E-state index >= 15 is 0 Å². The number of ether oxygens (including phenoxy) is 1. The molecule has 0 aromatic heterocycles. The SMILES string of the molecule is CCCOC1(NC2CCCCC2)CCCCC1. The summed E-state index contributed by atoms with van der Waals surface area (Å²) in [6.07, 6.45) is 14.6. The summed E-state index contributed by atoms with van der Waals surface area (Å²) in [7, 11) is 0. The van der Waals surface area contributed by atoms with Crippen LogP contribution in [0.25, 0.3) is 0 Å². The van der Waals surface area contributed by atoms with Crippen molar-refractivity contribution >= 4 is 0 Å². The lowest BCUT2D eigenvalue weighted by Gasteiger charge is -2.42. The second-order valence-corrected chi connectivity index (χ2v) is 5.88. The minimum atomic E-state index is 0.0380. The zero-order valence-electron chi connectivity index (χ0n) is 11.5. The third-order valence-corrected chi connectivity index (χ3v) is 4.32. The Kier molecular flexibility index (Phi) is 5.30. The Balaban J connectivity index is 1.88. The smallest absolute Gasteiger partial charge is 0.119 e. The van der Waals surface area contributed by atoms with Crippen molar-refractivity contribution in [2.24, 2.45) is 0 Å². The van der Waals surface area contributed by atoms with Crippen LogP contribution in [0.4, 0.5) is 0 Å². The van der Waals surface area contributed by atoms with E-state index in [1.165, 1.54) is 64.2 Å². The molecule has 2 heteroatoms. The van der Waals surface area contributed by atoms with Crippen molar-refractivity contribution in [1.82, 2.24) is 5.32 Å². The molecule has 100 valence electrons. The van der Waals surface area contributed by atoms with E-state index in [2.05, 4.69) is 12.2 Å². The summed E-state index contributed by atoms with van der Waals surface area (Å²) < 4.78 is 6.21. The lowest BCUT2D eigenvalue weighted by atomic mass is 9.88. The zero-order chi connectivity index (χ0) is 12.0. The lowest BCUT2D eigenvalue weighted by Crippen LogP contribution is -2.54. The fourth-order valence-corrected chi connectivity index (χ4v) is 3.37. The fourth-order valence-electron chi connectivity index (χ4n) is 3.37. The molecule has 0 aromatic rings. The van der Waals surface area contributed by atoms with E-state index in [-0.39, 0.29) is 5.72 Å². The summed E-state index contributed by atoms with van der Waals surface area (Å²) in [6.45, 7) is 3.12. The van der Waals surface area contributed by atoms with Crippen LogP contribution in [0.5, 0.6) is 0 Å². The molecule has 0 unspecified atom stereocenters. The Morgan fingerprint density at radius 3 is 2.29 bits per heavy atom. The molecular formula is C15H29NO. The highest BCUT2D eigenvalue weighted by Crippen LogP contribution is 2.32. The number of hydrogen-bond acceptors (Lipinski definition) is 2. The molecule has 0 spiro atoms. The van der Waals surface area contributed by atoms with E-state index in [0.717, 1.165) is 19.1 Å². The van der Waals surface area contributed by atoms with Crippen molar-refractivity contribution in [3.05, 3.63) is 0 Å². The molecule has 1 N–H and O–H groups in total. The van der Waals surface area contributed by atoms with E-state index in [1.54, 1.807) is 0 Å². The second-order valence-electron chi connectivity index (χ2n) is 5.88. The molecule has 2 aliphatic rings. The normalized spacial score (nSPS) is 25.9. The van der Waals surface area contributed by atoms with Gasteiger partial charge in [0.2, 0.25) is 0 Å². The predicted octanol–water partition coefficient (Wildman–Crippen LogP) is 4.00. The van der Waals surface area contributed by atoms with Gasteiger partial charge in [-0.15, -0.1) is 0 Å². The van der Waals surface area contributed by atoms with E-state index in [4.69, 9.17) is 4.74 Å². The summed E-state index contributed by atoms with van der Waals surface area (Å²) >= 11 is 0. The monoisotopic (exact) mass is 239 g/mol. The summed E-state index contributed by atoms with van der Waals surface area (Å²) in [5, 5.41) is 3.88. The number of nitrogens with one attached hydrogen (secondary N) is 1. The van der Waals surface area contributed by atoms with Gasteiger partial charge in [0, 0.05) is 12.6 Å². The molecule has 0 heterocycles. The molecule has 17 heavy (non-hydrogen) atoms. The van der Waals surface area contributed by atoms with Crippen molar-refractivity contribution in [2.45, 2.75) is 89.3 Å². The van der Waals surface area contributed by atoms with Crippen molar-refractivity contribution in [3.63, 3.8) is 0 Å². The van der Waals surface area contributed by atoms with Gasteiger partial charge in [0.05, 0.1) is 0 Å². The Morgan fingerprint density at radius 1 is 1.00 bits per heavy atom. The number of hydrogen-bond donors (Lipinski definition) is 1. The largest absolute Gasteiger partial charge is 0.361 e. The highest BCUT2D eigenvalue weighted by atomic mass is 16.5. The van der Waals surface area contributed by atoms with Gasteiger partial charge in [-0.3, -0.25) is 5.32 Å². The average Bonchev–Trinajstić information content (AvgIpc) is 2.39. The molecule has 2 saturated carbocycles. The van der Waals surface area contributed by atoms with Crippen molar-refractivity contribution in [1.29, 1.82) is 0 Å². The molecule has 0 saturated heterocycles. The summed E-state index contributed by atoms with van der Waals surface area (Å²) in [5.41, 5.74) is 0.0380. The second kappa shape index (κ2) is 6.75. The highest BCUT2D eigenvalue weighted by molar-refractivity contribution is 4.86. The van der Waals surface area contributed by atoms with Crippen LogP contribution in [-0.2, 0) is 4.74 Å². The van der Waals surface area contributed by atoms with Crippen LogP contribution in [0.1, 0.15) is 77.6 Å². The molecule has 0 atom stereocenters. The Bertz CT molecular complexity index is 205. The predicted molar refractivity (Wildman–Crippen MR) is 72.1 cm³/mol. The van der Waals surface area contributed by atoms with Gasteiger partial charge in [-0.2, -0.15) is 0 Å². The van der Waals surface area contributed by atoms with Gasteiger partial charge < -0.3 is 4.74 Å². The van der Waals surface area contributed by atoms with Gasteiger partial charge in [-0.25, -0.2) is 0 Å². The van der Waals surface area contributed by atoms with Crippen molar-refractivity contribution in [3.8, 4) is 0 Å². The Morgan fingerprint density at radius 2 is 1.65 bits per heavy atom. The van der Waals surface area contributed by atoms with Gasteiger partial charge in [-0.1, -0.05) is 32.6 Å². The van der Waals surface area contributed by atoms with E-state index in [0.29, 0.717) is 0 Å². The maximum absolute atomic E-state index is 6.21. The van der Waals surface area contributed by atoms with Crippen LogP contribution in [0, 0.1) is 0 Å². The quantitative estimate of drug-likeness (QED) is 0.732. The first-order valence-electron chi connectivity index (χ1n) is 7.76. The van der Waals surface area contributed by atoms with Gasteiger partial charge in [0.1, 0.15) is 5.72 Å². The summed E-state index contributed by atoms with van der Waals surface area (Å²) in [4.78, 5) is 0. The highest BCUT2D eigenvalue weighted by Gasteiger charge is 2.34. The van der Waals surface area contributed by atoms with Crippen LogP contribution in [0.15, 0.2) is 0 Å². The third-order valence-electron chi connectivity index (χ3n) is 4.32. The maximum Gasteiger partial charge on any atom is 0.119 e. The lowest BCUT2D eigenvalue weighted by molar-refractivity contribution is -0.103. The molecule has 0 aromatic carbocycles. The molecule has 0 amide bonds. The maximum atomic E-state index is 6.21. The minimum Gasteiger partial charge on any atom is -0.361 e. The van der Waals surface area contributed by atoms with Gasteiger partial charge in [0.25, 0.3) is 0 Å². The van der Waals surface area contributed by atoms with E-state index < -0.39 is 0 Å². The first-order valence-corrected chi connectivity index (χ1v) is 7.76. The van der Waals surface area contributed by atoms with Crippen LogP contribution >= 0.6 is 0 Å². The van der Waals surface area contributed by atoms with Crippen LogP contribution in [-0.4, -0.2) is 18.4 Å². The molecule has 0 radical (unpaired) electrons. The van der Waals surface area contributed by atoms with Crippen molar-refractivity contribution in [2.75, 3.05) is 6.61 Å². The summed E-state index contributed by atoms with van der Waals surface area (Å²) in [6, 6.07) is 0.721. The average molecular weight is 239 g/mol. The first-order chi connectivity index (χ1) is 8.35. The van der Waals surface area contributed by atoms with E-state index in [9.17, 15) is 0 Å². The van der Waals surface area contributed by atoms with Crippen LogP contribution < -0.4 is 5.32 Å². The number of rotatable bonds is 5. The van der Waals surface area contributed by atoms with E-state index in [1.807, 2.05) is 0 Å². The molecule has 0 aliphatic heterocycles. The molecule has 2 fully saturated rings. The molecule has 2 rings (SSSR count). The van der Waals surface area contributed by atoms with Crippen LogP contribution in [0.3, 0.4) is 0 Å². The topological polar surface area (TPSA) is 21.3 Å². The molecule has 0 bridgehead atoms. The van der Waals surface area contributed by atoms with Gasteiger partial charge >= 0.3 is 0 Å². The minimum absolute atomic E-state index is 0.0380. The first kappa shape index (κ1) is 13.4. The van der Waals surface area contributed by atoms with Crippen LogP contribution in [0.2, 0.25) is 0 Å². The standard InChI is InChI=1S/C15H29NO/c1-2-13-17-15(11-7-4-8-12-15)16-14-9-5-3-6-10-14/h14,16H,2-13H2,1H3. The molecular weight excluding hydrogens is 210 g/mol. The Hall–Kier alpha value is -0.0800. The Labute approximate surface area is 107 Å².